The van der Waals surface area contributed by atoms with Crippen LogP contribution in [-0.4, -0.2) is 36.6 Å². The maximum Gasteiger partial charge on any atom is 0.0174 e. The fourth-order valence-electron chi connectivity index (χ4n) is 2.47. The third kappa shape index (κ3) is 4.06. The van der Waals surface area contributed by atoms with E-state index in [1.54, 1.807) is 0 Å². The van der Waals surface area contributed by atoms with Crippen LogP contribution in [0.1, 0.15) is 53.4 Å². The van der Waals surface area contributed by atoms with Crippen LogP contribution >= 0.6 is 0 Å². The molecule has 16 heavy (non-hydrogen) atoms. The Kier molecular flexibility index (Phi) is 5.26. The molecular weight excluding hydrogens is 196 g/mol. The number of rotatable bonds is 5. The summed E-state index contributed by atoms with van der Waals surface area (Å²) >= 11 is 0. The van der Waals surface area contributed by atoms with Gasteiger partial charge in [0.25, 0.3) is 0 Å². The van der Waals surface area contributed by atoms with Gasteiger partial charge in [-0.25, -0.2) is 0 Å². The topological polar surface area (TPSA) is 15.3 Å². The molecule has 1 aliphatic rings. The van der Waals surface area contributed by atoms with Crippen LogP contribution in [0.5, 0.6) is 0 Å². The summed E-state index contributed by atoms with van der Waals surface area (Å²) in [5.41, 5.74) is 0.383. The number of likely N-dealkylation sites (tertiary alicyclic amines) is 1. The van der Waals surface area contributed by atoms with Gasteiger partial charge in [0, 0.05) is 24.7 Å². The van der Waals surface area contributed by atoms with Crippen LogP contribution in [0.15, 0.2) is 0 Å². The maximum absolute atomic E-state index is 3.46. The van der Waals surface area contributed by atoms with E-state index in [-0.39, 0.29) is 0 Å². The Hall–Kier alpha value is -0.0800. The van der Waals surface area contributed by atoms with Crippen molar-refractivity contribution in [2.45, 2.75) is 65.0 Å². The molecule has 0 aromatic heterocycles. The van der Waals surface area contributed by atoms with E-state index in [9.17, 15) is 0 Å². The molecular formula is C14H30N2. The number of nitrogens with zero attached hydrogens (tertiary/aromatic N) is 1. The molecule has 1 atom stereocenters. The smallest absolute Gasteiger partial charge is 0.0174 e. The second-order valence-electron chi connectivity index (χ2n) is 6.17. The van der Waals surface area contributed by atoms with Crippen molar-refractivity contribution in [2.75, 3.05) is 20.1 Å². The van der Waals surface area contributed by atoms with Crippen LogP contribution < -0.4 is 5.32 Å². The van der Waals surface area contributed by atoms with Crippen LogP contribution in [0.4, 0.5) is 0 Å². The van der Waals surface area contributed by atoms with Crippen molar-refractivity contribution in [3.63, 3.8) is 0 Å². The minimum absolute atomic E-state index is 0.383. The maximum atomic E-state index is 3.46. The zero-order valence-electron chi connectivity index (χ0n) is 11.8. The molecule has 0 saturated carbocycles. The van der Waals surface area contributed by atoms with E-state index in [1.165, 1.54) is 38.8 Å². The van der Waals surface area contributed by atoms with Crippen molar-refractivity contribution in [3.05, 3.63) is 0 Å². The largest absolute Gasteiger partial charge is 0.314 e. The minimum Gasteiger partial charge on any atom is -0.314 e. The second kappa shape index (κ2) is 6.02. The lowest BCUT2D eigenvalue weighted by atomic mass is 9.89. The van der Waals surface area contributed by atoms with Crippen molar-refractivity contribution in [2.24, 2.45) is 5.92 Å². The lowest BCUT2D eigenvalue weighted by molar-refractivity contribution is 0.110. The molecule has 0 aromatic carbocycles. The summed E-state index contributed by atoms with van der Waals surface area (Å²) in [4.78, 5) is 2.67. The molecule has 0 bridgehead atoms. The first-order valence-corrected chi connectivity index (χ1v) is 6.90. The molecule has 1 saturated heterocycles. The molecule has 1 heterocycles. The third-order valence-electron chi connectivity index (χ3n) is 4.29. The zero-order valence-corrected chi connectivity index (χ0v) is 11.8. The molecule has 0 aliphatic carbocycles. The number of nitrogens with one attached hydrogen (secondary N) is 1. The summed E-state index contributed by atoms with van der Waals surface area (Å²) in [6.07, 6.45) is 5.29. The minimum atomic E-state index is 0.383. The lowest BCUT2D eigenvalue weighted by Gasteiger charge is -2.42. The van der Waals surface area contributed by atoms with Crippen molar-refractivity contribution < 1.29 is 0 Å². The van der Waals surface area contributed by atoms with Crippen molar-refractivity contribution in [3.8, 4) is 0 Å². The van der Waals surface area contributed by atoms with E-state index in [4.69, 9.17) is 0 Å². The highest BCUT2D eigenvalue weighted by Gasteiger charge is 2.29. The van der Waals surface area contributed by atoms with E-state index in [1.807, 2.05) is 0 Å². The Balaban J connectivity index is 2.30. The number of piperidine rings is 1. The highest BCUT2D eigenvalue weighted by atomic mass is 15.2. The van der Waals surface area contributed by atoms with Gasteiger partial charge < -0.3 is 10.2 Å². The van der Waals surface area contributed by atoms with Crippen LogP contribution in [0, 0.1) is 5.92 Å². The predicted molar refractivity (Wildman–Crippen MR) is 71.8 cm³/mol. The highest BCUT2D eigenvalue weighted by Crippen LogP contribution is 2.24. The first-order chi connectivity index (χ1) is 7.47. The summed E-state index contributed by atoms with van der Waals surface area (Å²) in [6.45, 7) is 11.9. The van der Waals surface area contributed by atoms with Gasteiger partial charge in [-0.2, -0.15) is 0 Å². The molecule has 96 valence electrons. The molecule has 1 rings (SSSR count). The van der Waals surface area contributed by atoms with Gasteiger partial charge in [-0.05, 0) is 52.5 Å². The van der Waals surface area contributed by atoms with E-state index in [0.29, 0.717) is 5.54 Å². The monoisotopic (exact) mass is 226 g/mol. The highest BCUT2D eigenvalue weighted by molar-refractivity contribution is 4.89. The van der Waals surface area contributed by atoms with Gasteiger partial charge >= 0.3 is 0 Å². The fraction of sp³-hybridized carbons (Fsp3) is 1.00. The van der Waals surface area contributed by atoms with Gasteiger partial charge in [0.15, 0.2) is 0 Å². The van der Waals surface area contributed by atoms with Crippen molar-refractivity contribution in [1.29, 1.82) is 0 Å². The van der Waals surface area contributed by atoms with Crippen LogP contribution in [0.2, 0.25) is 0 Å². The van der Waals surface area contributed by atoms with Crippen LogP contribution in [-0.2, 0) is 0 Å². The molecule has 2 nitrogen and oxygen atoms in total. The second-order valence-corrected chi connectivity index (χ2v) is 6.17. The SMILES string of the molecule is CNC1(C)CCN(C(C)CCC(C)C)CC1. The third-order valence-corrected chi connectivity index (χ3v) is 4.29. The molecule has 1 unspecified atom stereocenters. The van der Waals surface area contributed by atoms with Crippen LogP contribution in [0.25, 0.3) is 0 Å². The van der Waals surface area contributed by atoms with E-state index < -0.39 is 0 Å². The molecule has 1 N–H and O–H groups in total. The summed E-state index contributed by atoms with van der Waals surface area (Å²) in [6, 6.07) is 0.767. The first-order valence-electron chi connectivity index (χ1n) is 6.90. The Labute approximate surface area is 102 Å². The van der Waals surface area contributed by atoms with Gasteiger partial charge in [0.1, 0.15) is 0 Å². The Morgan fingerprint density at radius 1 is 1.12 bits per heavy atom. The zero-order chi connectivity index (χ0) is 12.2. The number of hydrogen-bond acceptors (Lipinski definition) is 2. The first kappa shape index (κ1) is 14.0. The summed E-state index contributed by atoms with van der Waals surface area (Å²) in [7, 11) is 2.10. The van der Waals surface area contributed by atoms with Gasteiger partial charge in [-0.1, -0.05) is 13.8 Å². The quantitative estimate of drug-likeness (QED) is 0.775. The van der Waals surface area contributed by atoms with Gasteiger partial charge in [0.05, 0.1) is 0 Å². The molecule has 0 aromatic rings. The Morgan fingerprint density at radius 2 is 1.69 bits per heavy atom. The van der Waals surface area contributed by atoms with Gasteiger partial charge in [-0.3, -0.25) is 0 Å². The summed E-state index contributed by atoms with van der Waals surface area (Å²) < 4.78 is 0. The van der Waals surface area contributed by atoms with E-state index in [0.717, 1.165) is 12.0 Å². The average molecular weight is 226 g/mol. The van der Waals surface area contributed by atoms with E-state index >= 15 is 0 Å². The van der Waals surface area contributed by atoms with Crippen molar-refractivity contribution >= 4 is 0 Å². The van der Waals surface area contributed by atoms with Gasteiger partial charge in [-0.15, -0.1) is 0 Å². The molecule has 0 spiro atoms. The van der Waals surface area contributed by atoms with Crippen molar-refractivity contribution in [1.82, 2.24) is 10.2 Å². The molecule has 2 heteroatoms. The van der Waals surface area contributed by atoms with Gasteiger partial charge in [0.2, 0.25) is 0 Å². The molecule has 0 amide bonds. The standard InChI is InChI=1S/C14H30N2/c1-12(2)6-7-13(3)16-10-8-14(4,15-5)9-11-16/h12-13,15H,6-11H2,1-5H3. The Bertz CT molecular complexity index is 193. The van der Waals surface area contributed by atoms with E-state index in [2.05, 4.69) is 45.0 Å². The molecule has 0 radical (unpaired) electrons. The summed E-state index contributed by atoms with van der Waals surface area (Å²) in [5, 5.41) is 3.46. The number of hydrogen-bond donors (Lipinski definition) is 1. The average Bonchev–Trinajstić information content (AvgIpc) is 2.27. The lowest BCUT2D eigenvalue weighted by Crippen LogP contribution is -2.51. The summed E-state index contributed by atoms with van der Waals surface area (Å²) in [5.74, 6) is 0.842. The molecule has 1 aliphatic heterocycles. The Morgan fingerprint density at radius 3 is 2.12 bits per heavy atom. The van der Waals surface area contributed by atoms with Crippen LogP contribution in [0.3, 0.4) is 0 Å². The predicted octanol–water partition coefficient (Wildman–Crippen LogP) is 2.89. The molecule has 1 fully saturated rings. The normalized spacial score (nSPS) is 23.6. The fourth-order valence-corrected chi connectivity index (χ4v) is 2.47.